The third kappa shape index (κ3) is 4.01. The van der Waals surface area contributed by atoms with Crippen molar-refractivity contribution in [3.05, 3.63) is 94.0 Å². The van der Waals surface area contributed by atoms with E-state index in [4.69, 9.17) is 5.73 Å². The number of carbonyl (C=O) groups excluding carboxylic acids is 2. The fourth-order valence-corrected chi connectivity index (χ4v) is 5.28. The molecule has 1 aliphatic rings. The molecule has 5 heteroatoms. The normalized spacial score (nSPS) is 12.9. The Balaban J connectivity index is 1.28. The van der Waals surface area contributed by atoms with Crippen molar-refractivity contribution in [1.29, 1.82) is 0 Å². The van der Waals surface area contributed by atoms with Gasteiger partial charge in [0.05, 0.1) is 0 Å². The summed E-state index contributed by atoms with van der Waals surface area (Å²) < 4.78 is 0. The molecule has 4 aromatic carbocycles. The zero-order valence-electron chi connectivity index (χ0n) is 21.2. The highest BCUT2D eigenvalue weighted by Crippen LogP contribution is 2.32. The van der Waals surface area contributed by atoms with E-state index in [2.05, 4.69) is 43.4 Å². The minimum Gasteiger partial charge on any atom is -0.398 e. The highest BCUT2D eigenvalue weighted by atomic mass is 16.2. The Hall–Kier alpha value is -4.12. The number of anilines is 2. The molecule has 0 fully saturated rings. The lowest BCUT2D eigenvalue weighted by atomic mass is 9.94. The van der Waals surface area contributed by atoms with Crippen LogP contribution < -0.4 is 11.1 Å². The fraction of sp³-hybridized carbons (Fsp3) is 0.226. The molecule has 0 atom stereocenters. The van der Waals surface area contributed by atoms with Gasteiger partial charge in [-0.3, -0.25) is 14.5 Å². The number of nitrogen functional groups attached to an aromatic ring is 1. The zero-order chi connectivity index (χ0) is 25.6. The molecule has 0 aromatic heterocycles. The Morgan fingerprint density at radius 3 is 1.78 bits per heavy atom. The molecule has 0 spiro atoms. The molecule has 1 aliphatic heterocycles. The van der Waals surface area contributed by atoms with Gasteiger partial charge in [0, 0.05) is 41.0 Å². The number of hydrogen-bond acceptors (Lipinski definition) is 4. The Morgan fingerprint density at radius 1 is 0.750 bits per heavy atom. The molecule has 0 radical (unpaired) electrons. The van der Waals surface area contributed by atoms with Crippen LogP contribution in [0.1, 0.15) is 49.4 Å². The van der Waals surface area contributed by atoms with E-state index in [0.717, 1.165) is 50.0 Å². The molecule has 4 aromatic rings. The van der Waals surface area contributed by atoms with Crippen LogP contribution in [-0.4, -0.2) is 29.8 Å². The number of nitrogens with zero attached hydrogens (tertiary/aromatic N) is 1. The number of aryl methyl sites for hydroxylation is 4. The van der Waals surface area contributed by atoms with Crippen molar-refractivity contribution in [3.8, 4) is 11.1 Å². The summed E-state index contributed by atoms with van der Waals surface area (Å²) in [5.74, 6) is -0.426. The summed E-state index contributed by atoms with van der Waals surface area (Å²) in [6, 6.07) is 19.9. The van der Waals surface area contributed by atoms with Crippen molar-refractivity contribution in [3.63, 3.8) is 0 Å². The van der Waals surface area contributed by atoms with E-state index in [-0.39, 0.29) is 11.8 Å². The maximum atomic E-state index is 13.1. The van der Waals surface area contributed by atoms with Crippen molar-refractivity contribution in [2.45, 2.75) is 34.1 Å². The molecule has 182 valence electrons. The van der Waals surface area contributed by atoms with Crippen molar-refractivity contribution in [1.82, 2.24) is 4.90 Å². The molecule has 2 amide bonds. The lowest BCUT2D eigenvalue weighted by Crippen LogP contribution is -2.41. The van der Waals surface area contributed by atoms with Crippen LogP contribution in [0.15, 0.2) is 60.7 Å². The van der Waals surface area contributed by atoms with Crippen LogP contribution in [0.4, 0.5) is 11.4 Å². The maximum absolute atomic E-state index is 13.1. The molecule has 5 rings (SSSR count). The highest BCUT2D eigenvalue weighted by molar-refractivity contribution is 6.25. The Labute approximate surface area is 211 Å². The first-order valence-electron chi connectivity index (χ1n) is 12.4. The van der Waals surface area contributed by atoms with Crippen LogP contribution in [-0.2, 0) is 0 Å². The minimum absolute atomic E-state index is 0.213. The predicted molar refractivity (Wildman–Crippen MR) is 148 cm³/mol. The summed E-state index contributed by atoms with van der Waals surface area (Å²) >= 11 is 0. The van der Waals surface area contributed by atoms with Crippen LogP contribution in [0, 0.1) is 27.7 Å². The molecule has 0 bridgehead atoms. The number of benzene rings is 4. The molecular formula is C31H31N3O2. The number of imide groups is 1. The third-order valence-corrected chi connectivity index (χ3v) is 7.18. The molecule has 1 heterocycles. The molecule has 36 heavy (non-hydrogen) atoms. The molecular weight excluding hydrogens is 446 g/mol. The van der Waals surface area contributed by atoms with Gasteiger partial charge in [-0.15, -0.1) is 0 Å². The number of rotatable bonds is 6. The number of nitrogens with one attached hydrogen (secondary N) is 1. The van der Waals surface area contributed by atoms with Crippen LogP contribution in [0.3, 0.4) is 0 Å². The van der Waals surface area contributed by atoms with Crippen molar-refractivity contribution in [2.24, 2.45) is 0 Å². The second-order valence-electron chi connectivity index (χ2n) is 9.76. The van der Waals surface area contributed by atoms with Crippen molar-refractivity contribution in [2.75, 3.05) is 24.1 Å². The second kappa shape index (κ2) is 9.15. The second-order valence-corrected chi connectivity index (χ2v) is 9.76. The van der Waals surface area contributed by atoms with E-state index in [1.54, 1.807) is 0 Å². The molecule has 0 saturated carbocycles. The molecule has 0 unspecified atom stereocenters. The number of hydrogen-bond donors (Lipinski definition) is 2. The first-order valence-corrected chi connectivity index (χ1v) is 12.4. The van der Waals surface area contributed by atoms with E-state index < -0.39 is 0 Å². The highest BCUT2D eigenvalue weighted by Gasteiger charge is 2.32. The first kappa shape index (κ1) is 23.6. The Morgan fingerprint density at radius 2 is 1.25 bits per heavy atom. The topological polar surface area (TPSA) is 75.4 Å². The van der Waals surface area contributed by atoms with Gasteiger partial charge in [-0.1, -0.05) is 24.3 Å². The van der Waals surface area contributed by atoms with Crippen LogP contribution in [0.2, 0.25) is 0 Å². The zero-order valence-corrected chi connectivity index (χ0v) is 21.2. The van der Waals surface area contributed by atoms with E-state index in [0.29, 0.717) is 30.6 Å². The summed E-state index contributed by atoms with van der Waals surface area (Å²) in [5, 5.41) is 5.22. The smallest absolute Gasteiger partial charge is 0.261 e. The van der Waals surface area contributed by atoms with Crippen LogP contribution in [0.5, 0.6) is 0 Å². The molecule has 3 N–H and O–H groups in total. The van der Waals surface area contributed by atoms with Gasteiger partial charge in [-0.25, -0.2) is 0 Å². The monoisotopic (exact) mass is 477 g/mol. The molecule has 0 aliphatic carbocycles. The van der Waals surface area contributed by atoms with E-state index in [1.807, 2.05) is 50.2 Å². The van der Waals surface area contributed by atoms with Gasteiger partial charge >= 0.3 is 0 Å². The minimum atomic E-state index is -0.213. The standard InChI is InChI=1S/C31H31N3O2/c1-18-14-23(15-19(2)28(18)32)24-16-20(3)29(21(4)17-24)33-12-7-13-34-30(35)25-10-5-8-22-9-6-11-26(27(22)25)31(34)36/h5-6,8-11,14-17,33H,7,12-13,32H2,1-4H3. The maximum Gasteiger partial charge on any atom is 0.261 e. The van der Waals surface area contributed by atoms with E-state index in [1.165, 1.54) is 10.5 Å². The number of amides is 2. The Bertz CT molecular complexity index is 1440. The van der Waals surface area contributed by atoms with Crippen molar-refractivity contribution < 1.29 is 9.59 Å². The quantitative estimate of drug-likeness (QED) is 0.191. The summed E-state index contributed by atoms with van der Waals surface area (Å²) in [5.41, 5.74) is 16.1. The van der Waals surface area contributed by atoms with Gasteiger partial charge in [0.25, 0.3) is 11.8 Å². The number of carbonyl (C=O) groups is 2. The average molecular weight is 478 g/mol. The molecule has 5 nitrogen and oxygen atoms in total. The summed E-state index contributed by atoms with van der Waals surface area (Å²) in [6.45, 7) is 9.31. The fourth-order valence-electron chi connectivity index (χ4n) is 5.28. The third-order valence-electron chi connectivity index (χ3n) is 7.18. The first-order chi connectivity index (χ1) is 17.3. The average Bonchev–Trinajstić information content (AvgIpc) is 2.86. The van der Waals surface area contributed by atoms with Gasteiger partial charge in [-0.05, 0) is 109 Å². The largest absolute Gasteiger partial charge is 0.398 e. The lowest BCUT2D eigenvalue weighted by Gasteiger charge is -2.27. The van der Waals surface area contributed by atoms with Crippen LogP contribution in [0.25, 0.3) is 21.9 Å². The van der Waals surface area contributed by atoms with Gasteiger partial charge in [0.15, 0.2) is 0 Å². The predicted octanol–water partition coefficient (Wildman–Crippen LogP) is 6.42. The summed E-state index contributed by atoms with van der Waals surface area (Å²) in [7, 11) is 0. The van der Waals surface area contributed by atoms with Gasteiger partial charge < -0.3 is 11.1 Å². The van der Waals surface area contributed by atoms with Gasteiger partial charge in [0.2, 0.25) is 0 Å². The van der Waals surface area contributed by atoms with E-state index in [9.17, 15) is 9.59 Å². The SMILES string of the molecule is Cc1cc(-c2cc(C)c(NCCCN3C(=O)c4cccc5cccc(c45)C3=O)c(C)c2)cc(C)c1N. The molecule has 0 saturated heterocycles. The van der Waals surface area contributed by atoms with Crippen LogP contribution >= 0.6 is 0 Å². The number of nitrogens with two attached hydrogens (primary N) is 1. The van der Waals surface area contributed by atoms with E-state index >= 15 is 0 Å². The van der Waals surface area contributed by atoms with Gasteiger partial charge in [-0.2, -0.15) is 0 Å². The lowest BCUT2D eigenvalue weighted by molar-refractivity contribution is 0.0610. The van der Waals surface area contributed by atoms with Gasteiger partial charge in [0.1, 0.15) is 0 Å². The summed E-state index contributed by atoms with van der Waals surface area (Å²) in [6.07, 6.45) is 0.659. The Kier molecular flexibility index (Phi) is 6.00. The summed E-state index contributed by atoms with van der Waals surface area (Å²) in [4.78, 5) is 27.6. The van der Waals surface area contributed by atoms with Crippen molar-refractivity contribution >= 4 is 34.0 Å².